The fourth-order valence-corrected chi connectivity index (χ4v) is 4.98. The fraction of sp³-hybridized carbons (Fsp3) is 0.273. The minimum Gasteiger partial charge on any atom is -0.429 e. The maximum atomic E-state index is 14.9. The second kappa shape index (κ2) is 11.7. The van der Waals surface area contributed by atoms with E-state index in [1.807, 2.05) is 6.92 Å². The van der Waals surface area contributed by atoms with Crippen molar-refractivity contribution in [1.82, 2.24) is 0 Å². The first-order valence-corrected chi connectivity index (χ1v) is 13.6. The van der Waals surface area contributed by atoms with Gasteiger partial charge in [0, 0.05) is 22.6 Å². The predicted octanol–water partition coefficient (Wildman–Crippen LogP) is 8.66. The normalized spacial score (nSPS) is 20.7. The van der Waals surface area contributed by atoms with Gasteiger partial charge in [-0.25, -0.2) is 17.6 Å². The molecule has 1 aliphatic rings. The van der Waals surface area contributed by atoms with E-state index in [0.717, 1.165) is 37.1 Å². The molecule has 0 spiro atoms. The van der Waals surface area contributed by atoms with Gasteiger partial charge in [-0.2, -0.15) is 8.78 Å². The second-order valence-electron chi connectivity index (χ2n) is 10.9. The van der Waals surface area contributed by atoms with E-state index < -0.39 is 46.7 Å². The monoisotopic (exact) mass is 602 g/mol. The van der Waals surface area contributed by atoms with Gasteiger partial charge in [-0.1, -0.05) is 56.7 Å². The van der Waals surface area contributed by atoms with Crippen LogP contribution in [0.1, 0.15) is 37.8 Å². The molecule has 226 valence electrons. The van der Waals surface area contributed by atoms with Crippen molar-refractivity contribution >= 4 is 0 Å². The van der Waals surface area contributed by atoms with Crippen LogP contribution in [-0.2, 0) is 21.6 Å². The average molecular weight is 603 g/mol. The van der Waals surface area contributed by atoms with Crippen LogP contribution in [-0.4, -0.2) is 18.3 Å². The maximum Gasteiger partial charge on any atom is 0.426 e. The highest BCUT2D eigenvalue weighted by Gasteiger charge is 2.42. The van der Waals surface area contributed by atoms with Crippen molar-refractivity contribution < 1.29 is 45.7 Å². The Morgan fingerprint density at radius 2 is 1.33 bits per heavy atom. The van der Waals surface area contributed by atoms with Crippen molar-refractivity contribution in [3.63, 3.8) is 0 Å². The third-order valence-corrected chi connectivity index (χ3v) is 7.37. The molecule has 0 saturated carbocycles. The molecule has 0 atom stereocenters. The highest BCUT2D eigenvalue weighted by atomic mass is 19.3. The van der Waals surface area contributed by atoms with Crippen molar-refractivity contribution in [3.05, 3.63) is 113 Å². The van der Waals surface area contributed by atoms with Gasteiger partial charge in [0.15, 0.2) is 17.5 Å². The van der Waals surface area contributed by atoms with Crippen LogP contribution in [0.3, 0.4) is 0 Å². The van der Waals surface area contributed by atoms with Gasteiger partial charge in [-0.05, 0) is 59.5 Å². The first-order chi connectivity index (χ1) is 20.3. The number of alkyl halides is 2. The summed E-state index contributed by atoms with van der Waals surface area (Å²) in [5.41, 5.74) is 0.366. The van der Waals surface area contributed by atoms with E-state index in [-0.39, 0.29) is 16.5 Å². The van der Waals surface area contributed by atoms with Crippen molar-refractivity contribution in [3.8, 4) is 28.0 Å². The molecule has 4 nitrogen and oxygen atoms in total. The highest BCUT2D eigenvalue weighted by molar-refractivity contribution is 5.66. The van der Waals surface area contributed by atoms with Gasteiger partial charge in [0.2, 0.25) is 0 Å². The van der Waals surface area contributed by atoms with E-state index in [4.69, 9.17) is 14.2 Å². The van der Waals surface area contributed by atoms with Crippen LogP contribution >= 0.6 is 0 Å². The smallest absolute Gasteiger partial charge is 0.426 e. The van der Waals surface area contributed by atoms with E-state index in [9.17, 15) is 31.4 Å². The van der Waals surface area contributed by atoms with Gasteiger partial charge in [0.1, 0.15) is 11.6 Å². The Balaban J connectivity index is 1.27. The lowest BCUT2D eigenvalue weighted by Gasteiger charge is -2.41. The highest BCUT2D eigenvalue weighted by Crippen LogP contribution is 2.39. The summed E-state index contributed by atoms with van der Waals surface area (Å²) in [6.07, 6.45) is -1.99. The minimum atomic E-state index is -3.85. The summed E-state index contributed by atoms with van der Waals surface area (Å²) in [6.45, 7) is 4.77. The number of benzene rings is 4. The molecular formula is C33H28F6O4. The molecule has 4 aromatic carbocycles. The van der Waals surface area contributed by atoms with Crippen LogP contribution in [0.5, 0.6) is 5.75 Å². The lowest BCUT2D eigenvalue weighted by atomic mass is 9.86. The summed E-state index contributed by atoms with van der Waals surface area (Å²) in [6, 6.07) is 15.8. The molecule has 1 heterocycles. The SMILES string of the molecule is CCCC1(C)COC(O)(c2ccc(-c3ccc(C(F)(F)Oc4ccc(-c5cc(F)c(F)c(F)c5)c(F)c4)cc3)cc2)OC1. The van der Waals surface area contributed by atoms with Crippen molar-refractivity contribution in [2.24, 2.45) is 5.41 Å². The molecule has 4 aromatic rings. The van der Waals surface area contributed by atoms with Crippen LogP contribution in [0.15, 0.2) is 78.9 Å². The summed E-state index contributed by atoms with van der Waals surface area (Å²) in [4.78, 5) is 0. The van der Waals surface area contributed by atoms with Crippen LogP contribution in [0, 0.1) is 28.7 Å². The molecule has 1 saturated heterocycles. The lowest BCUT2D eigenvalue weighted by molar-refractivity contribution is -0.414. The molecular weight excluding hydrogens is 574 g/mol. The summed E-state index contributed by atoms with van der Waals surface area (Å²) < 4.78 is 101. The van der Waals surface area contributed by atoms with E-state index in [2.05, 4.69) is 6.92 Å². The molecule has 5 rings (SSSR count). The Morgan fingerprint density at radius 1 is 0.767 bits per heavy atom. The Morgan fingerprint density at radius 3 is 1.86 bits per heavy atom. The number of rotatable bonds is 8. The first kappa shape index (κ1) is 30.6. The van der Waals surface area contributed by atoms with Gasteiger partial charge in [-0.3, -0.25) is 0 Å². The van der Waals surface area contributed by atoms with Crippen molar-refractivity contribution in [2.45, 2.75) is 38.8 Å². The number of ether oxygens (including phenoxy) is 3. The molecule has 1 fully saturated rings. The molecule has 0 unspecified atom stereocenters. The van der Waals surface area contributed by atoms with Crippen molar-refractivity contribution in [2.75, 3.05) is 13.2 Å². The van der Waals surface area contributed by atoms with Gasteiger partial charge in [-0.15, -0.1) is 0 Å². The summed E-state index contributed by atoms with van der Waals surface area (Å²) in [5.74, 6) is -8.24. The predicted molar refractivity (Wildman–Crippen MR) is 147 cm³/mol. The van der Waals surface area contributed by atoms with Gasteiger partial charge < -0.3 is 19.3 Å². The Kier molecular flexibility index (Phi) is 8.30. The van der Waals surface area contributed by atoms with Crippen LogP contribution in [0.4, 0.5) is 26.3 Å². The topological polar surface area (TPSA) is 47.9 Å². The third-order valence-electron chi connectivity index (χ3n) is 7.37. The maximum absolute atomic E-state index is 14.9. The zero-order valence-electron chi connectivity index (χ0n) is 23.3. The lowest BCUT2D eigenvalue weighted by Crippen LogP contribution is -2.46. The average Bonchev–Trinajstić information content (AvgIpc) is 2.98. The van der Waals surface area contributed by atoms with Gasteiger partial charge in [0.05, 0.1) is 18.8 Å². The second-order valence-corrected chi connectivity index (χ2v) is 10.9. The minimum absolute atomic E-state index is 0.183. The molecule has 10 heteroatoms. The summed E-state index contributed by atoms with van der Waals surface area (Å²) >= 11 is 0. The van der Waals surface area contributed by atoms with Crippen molar-refractivity contribution in [1.29, 1.82) is 0 Å². The van der Waals surface area contributed by atoms with Crippen LogP contribution in [0.2, 0.25) is 0 Å². The molecule has 0 bridgehead atoms. The van der Waals surface area contributed by atoms with E-state index in [0.29, 0.717) is 48.1 Å². The number of halogens is 6. The Hall–Kier alpha value is -3.86. The molecule has 0 aromatic heterocycles. The van der Waals surface area contributed by atoms with Gasteiger partial charge in [0.25, 0.3) is 0 Å². The van der Waals surface area contributed by atoms with E-state index >= 15 is 0 Å². The molecule has 0 radical (unpaired) electrons. The van der Waals surface area contributed by atoms with Crippen LogP contribution in [0.25, 0.3) is 22.3 Å². The fourth-order valence-electron chi connectivity index (χ4n) is 4.98. The summed E-state index contributed by atoms with van der Waals surface area (Å²) in [5, 5.41) is 10.9. The van der Waals surface area contributed by atoms with E-state index in [1.165, 1.54) is 12.1 Å². The molecule has 43 heavy (non-hydrogen) atoms. The molecule has 0 aliphatic carbocycles. The van der Waals surface area contributed by atoms with Crippen LogP contribution < -0.4 is 4.74 Å². The number of hydrogen-bond acceptors (Lipinski definition) is 4. The Labute approximate surface area is 244 Å². The zero-order valence-corrected chi connectivity index (χ0v) is 23.3. The van der Waals surface area contributed by atoms with Gasteiger partial charge >= 0.3 is 12.1 Å². The quantitative estimate of drug-likeness (QED) is 0.162. The van der Waals surface area contributed by atoms with E-state index in [1.54, 1.807) is 24.3 Å². The molecule has 1 N–H and O–H groups in total. The molecule has 0 amide bonds. The largest absolute Gasteiger partial charge is 0.429 e. The summed E-state index contributed by atoms with van der Waals surface area (Å²) in [7, 11) is 0. The number of aliphatic hydroxyl groups is 1. The number of hydrogen-bond donors (Lipinski definition) is 1. The third kappa shape index (κ3) is 6.41. The Bertz CT molecular complexity index is 1570. The standard InChI is InChI=1S/C33H28F6O4/c1-3-14-31(2)18-41-33(40,42-19-31)24-10-6-21(7-11-24)20-4-8-23(9-5-20)32(38,39)43-25-12-13-26(27(34)17-25)22-15-28(35)30(37)29(36)16-22/h4-13,15-17,40H,3,14,18-19H2,1-2H3. The molecule has 1 aliphatic heterocycles. The first-order valence-electron chi connectivity index (χ1n) is 13.6. The zero-order chi connectivity index (χ0) is 31.0.